The van der Waals surface area contributed by atoms with Gasteiger partial charge in [-0.25, -0.2) is 9.97 Å². The van der Waals surface area contributed by atoms with E-state index in [0.717, 1.165) is 35.2 Å². The number of nitrogen functional groups attached to an aromatic ring is 1. The molecule has 2 aromatic carbocycles. The zero-order valence-corrected chi connectivity index (χ0v) is 17.5. The van der Waals surface area contributed by atoms with Gasteiger partial charge in [-0.15, -0.1) is 0 Å². The number of aromatic nitrogens is 3. The summed E-state index contributed by atoms with van der Waals surface area (Å²) in [5, 5.41) is 0.812. The Morgan fingerprint density at radius 1 is 1.07 bits per heavy atom. The Bertz CT molecular complexity index is 1320. The van der Waals surface area contributed by atoms with Crippen molar-refractivity contribution in [3.05, 3.63) is 54.4 Å². The lowest BCUT2D eigenvalue weighted by Gasteiger charge is -2.12. The number of aryl methyl sites for hydroxylation is 1. The summed E-state index contributed by atoms with van der Waals surface area (Å²) in [7, 11) is -3.64. The molecule has 0 aliphatic rings. The van der Waals surface area contributed by atoms with Crippen molar-refractivity contribution in [3.63, 3.8) is 0 Å². The first-order valence-corrected chi connectivity index (χ1v) is 11.3. The van der Waals surface area contributed by atoms with Gasteiger partial charge in [0.2, 0.25) is 0 Å². The van der Waals surface area contributed by atoms with Gasteiger partial charge in [0.1, 0.15) is 29.4 Å². The quantitative estimate of drug-likeness (QED) is 0.452. The first-order valence-electron chi connectivity index (χ1n) is 9.51. The molecule has 0 bridgehead atoms. The minimum atomic E-state index is -3.64. The maximum Gasteiger partial charge on any atom is 0.306 e. The monoisotopic (exact) mass is 426 g/mol. The fourth-order valence-corrected chi connectivity index (χ4v) is 3.90. The maximum atomic E-state index is 11.5. The van der Waals surface area contributed by atoms with Crippen molar-refractivity contribution in [2.75, 3.05) is 18.6 Å². The fourth-order valence-electron chi connectivity index (χ4n) is 3.45. The third-order valence-corrected chi connectivity index (χ3v) is 5.14. The number of ether oxygens (including phenoxy) is 1. The number of hydrogen-bond acceptors (Lipinski definition) is 7. The lowest BCUT2D eigenvalue weighted by atomic mass is 10.1. The minimum absolute atomic E-state index is 0.186. The Kier molecular flexibility index (Phi) is 5.21. The van der Waals surface area contributed by atoms with E-state index in [-0.39, 0.29) is 11.6 Å². The average molecular weight is 426 g/mol. The summed E-state index contributed by atoms with van der Waals surface area (Å²) in [5.74, 6) is 2.14. The Morgan fingerprint density at radius 2 is 1.83 bits per heavy atom. The van der Waals surface area contributed by atoms with E-state index in [1.165, 1.54) is 0 Å². The van der Waals surface area contributed by atoms with E-state index < -0.39 is 10.1 Å². The van der Waals surface area contributed by atoms with E-state index in [2.05, 4.69) is 14.5 Å². The van der Waals surface area contributed by atoms with E-state index in [1.807, 2.05) is 37.3 Å². The second-order valence-corrected chi connectivity index (χ2v) is 8.43. The molecule has 156 valence electrons. The van der Waals surface area contributed by atoms with Crippen LogP contribution in [0.1, 0.15) is 12.7 Å². The van der Waals surface area contributed by atoms with Gasteiger partial charge in [0.05, 0.1) is 23.8 Å². The number of anilines is 1. The second kappa shape index (κ2) is 7.83. The summed E-state index contributed by atoms with van der Waals surface area (Å²) in [4.78, 5) is 9.09. The highest BCUT2D eigenvalue weighted by Crippen LogP contribution is 2.31. The van der Waals surface area contributed by atoms with Gasteiger partial charge < -0.3 is 19.2 Å². The van der Waals surface area contributed by atoms with Crippen LogP contribution in [-0.4, -0.2) is 35.8 Å². The topological polar surface area (TPSA) is 109 Å². The van der Waals surface area contributed by atoms with Crippen LogP contribution in [0.15, 0.2) is 48.5 Å². The molecule has 9 heteroatoms. The van der Waals surface area contributed by atoms with Crippen LogP contribution in [0.4, 0.5) is 5.82 Å². The highest BCUT2D eigenvalue weighted by atomic mass is 32.2. The minimum Gasteiger partial charge on any atom is -0.492 e. The highest BCUT2D eigenvalue weighted by molar-refractivity contribution is 7.86. The number of fused-ring (bicyclic) bond motifs is 3. The SMILES string of the molecule is CCc1nc2c(N)nc3cc(OS(C)(=O)=O)ccc3c2n1CCOc1ccccc1. The number of imidazole rings is 1. The summed E-state index contributed by atoms with van der Waals surface area (Å²) < 4.78 is 35.8. The van der Waals surface area contributed by atoms with Gasteiger partial charge in [-0.1, -0.05) is 25.1 Å². The van der Waals surface area contributed by atoms with Gasteiger partial charge in [-0.2, -0.15) is 8.42 Å². The van der Waals surface area contributed by atoms with Crippen molar-refractivity contribution >= 4 is 37.9 Å². The van der Waals surface area contributed by atoms with Gasteiger partial charge in [0.15, 0.2) is 5.82 Å². The van der Waals surface area contributed by atoms with Gasteiger partial charge >= 0.3 is 10.1 Å². The van der Waals surface area contributed by atoms with Crippen LogP contribution in [0.5, 0.6) is 11.5 Å². The normalized spacial score (nSPS) is 11.8. The van der Waals surface area contributed by atoms with E-state index >= 15 is 0 Å². The molecule has 0 radical (unpaired) electrons. The van der Waals surface area contributed by atoms with Gasteiger partial charge in [-0.3, -0.25) is 0 Å². The predicted molar refractivity (Wildman–Crippen MR) is 116 cm³/mol. The molecular formula is C21H22N4O4S. The molecule has 2 N–H and O–H groups in total. The molecule has 0 fully saturated rings. The molecule has 2 aromatic heterocycles. The van der Waals surface area contributed by atoms with Crippen molar-refractivity contribution in [3.8, 4) is 11.5 Å². The van der Waals surface area contributed by atoms with Crippen LogP contribution in [-0.2, 0) is 23.1 Å². The van der Waals surface area contributed by atoms with Crippen molar-refractivity contribution in [2.24, 2.45) is 0 Å². The summed E-state index contributed by atoms with van der Waals surface area (Å²) in [6, 6.07) is 14.6. The maximum absolute atomic E-state index is 11.5. The van der Waals surface area contributed by atoms with Crippen molar-refractivity contribution in [1.29, 1.82) is 0 Å². The van der Waals surface area contributed by atoms with Crippen LogP contribution in [0.2, 0.25) is 0 Å². The van der Waals surface area contributed by atoms with Gasteiger partial charge in [0, 0.05) is 17.9 Å². The number of rotatable bonds is 7. The number of para-hydroxylation sites is 1. The smallest absolute Gasteiger partial charge is 0.306 e. The Labute approximate surface area is 174 Å². The van der Waals surface area contributed by atoms with Crippen molar-refractivity contribution < 1.29 is 17.3 Å². The van der Waals surface area contributed by atoms with Crippen molar-refractivity contribution in [2.45, 2.75) is 19.9 Å². The molecule has 0 aliphatic carbocycles. The summed E-state index contributed by atoms with van der Waals surface area (Å²) in [6.45, 7) is 3.07. The third-order valence-electron chi connectivity index (χ3n) is 4.65. The molecular weight excluding hydrogens is 404 g/mol. The molecule has 0 saturated carbocycles. The van der Waals surface area contributed by atoms with Crippen LogP contribution < -0.4 is 14.7 Å². The first kappa shape index (κ1) is 20.0. The lowest BCUT2D eigenvalue weighted by Crippen LogP contribution is -2.11. The molecule has 4 aromatic rings. The fraction of sp³-hybridized carbons (Fsp3) is 0.238. The zero-order chi connectivity index (χ0) is 21.3. The van der Waals surface area contributed by atoms with Crippen LogP contribution in [0, 0.1) is 0 Å². The molecule has 8 nitrogen and oxygen atoms in total. The van der Waals surface area contributed by atoms with Crippen LogP contribution >= 0.6 is 0 Å². The second-order valence-electron chi connectivity index (χ2n) is 6.86. The van der Waals surface area contributed by atoms with E-state index in [4.69, 9.17) is 14.7 Å². The van der Waals surface area contributed by atoms with E-state index in [0.29, 0.717) is 24.2 Å². The predicted octanol–water partition coefficient (Wildman–Crippen LogP) is 3.15. The van der Waals surface area contributed by atoms with Gasteiger partial charge in [-0.05, 0) is 24.3 Å². The summed E-state index contributed by atoms with van der Waals surface area (Å²) in [5.41, 5.74) is 8.18. The van der Waals surface area contributed by atoms with E-state index in [1.54, 1.807) is 18.2 Å². The highest BCUT2D eigenvalue weighted by Gasteiger charge is 2.17. The molecule has 0 saturated heterocycles. The average Bonchev–Trinajstić information content (AvgIpc) is 3.07. The Morgan fingerprint density at radius 3 is 2.53 bits per heavy atom. The molecule has 0 unspecified atom stereocenters. The summed E-state index contributed by atoms with van der Waals surface area (Å²) in [6.07, 6.45) is 1.72. The Hall–Kier alpha value is -3.33. The standard InChI is InChI=1S/C21H22N4O4S/c1-3-18-24-19-20(25(18)11-12-28-14-7-5-4-6-8-14)16-10-9-15(29-30(2,26)27)13-17(16)23-21(19)22/h4-10,13H,3,11-12H2,1-2H3,(H2,22,23). The van der Waals surface area contributed by atoms with Gasteiger partial charge in [0.25, 0.3) is 0 Å². The molecule has 0 spiro atoms. The summed E-state index contributed by atoms with van der Waals surface area (Å²) >= 11 is 0. The number of nitrogens with zero attached hydrogens (tertiary/aromatic N) is 3. The molecule has 30 heavy (non-hydrogen) atoms. The molecule has 2 heterocycles. The zero-order valence-electron chi connectivity index (χ0n) is 16.7. The molecule has 4 rings (SSSR count). The van der Waals surface area contributed by atoms with Crippen LogP contribution in [0.25, 0.3) is 21.9 Å². The molecule has 0 atom stereocenters. The third kappa shape index (κ3) is 4.02. The largest absolute Gasteiger partial charge is 0.492 e. The number of benzene rings is 2. The first-order chi connectivity index (χ1) is 14.4. The van der Waals surface area contributed by atoms with Crippen LogP contribution in [0.3, 0.4) is 0 Å². The molecule has 0 aliphatic heterocycles. The van der Waals surface area contributed by atoms with Crippen molar-refractivity contribution in [1.82, 2.24) is 14.5 Å². The number of pyridine rings is 1. The number of nitrogens with two attached hydrogens (primary N) is 1. The number of hydrogen-bond donors (Lipinski definition) is 1. The lowest BCUT2D eigenvalue weighted by molar-refractivity contribution is 0.298. The Balaban J connectivity index is 1.77. The molecule has 0 amide bonds. The van der Waals surface area contributed by atoms with E-state index in [9.17, 15) is 8.42 Å².